The predicted molar refractivity (Wildman–Crippen MR) is 119 cm³/mol. The van der Waals surface area contributed by atoms with Crippen molar-refractivity contribution < 1.29 is 23.4 Å². The van der Waals surface area contributed by atoms with E-state index < -0.39 is 17.2 Å². The van der Waals surface area contributed by atoms with Crippen LogP contribution in [0.5, 0.6) is 0 Å². The van der Waals surface area contributed by atoms with Gasteiger partial charge in [-0.25, -0.2) is 9.10 Å². The standard InChI is InChI=1S/C23H30N2O5S/c1-30-23(27)21-8-6-18(7-9-21)16-25(31(28)29)15-12-20-4-2-3-5-22(20)24-13-10-19(17-26)11-14-24/h2-9,19,26H,10-17H2,1H3,(H,28,29)/p-1. The van der Waals surface area contributed by atoms with Gasteiger partial charge in [-0.15, -0.1) is 0 Å². The van der Waals surface area contributed by atoms with Gasteiger partial charge in [0.2, 0.25) is 0 Å². The lowest BCUT2D eigenvalue weighted by atomic mass is 9.96. The maximum atomic E-state index is 11.8. The Kier molecular flexibility index (Phi) is 8.60. The highest BCUT2D eigenvalue weighted by Crippen LogP contribution is 2.27. The van der Waals surface area contributed by atoms with Gasteiger partial charge in [-0.3, -0.25) is 4.21 Å². The molecule has 2 aromatic carbocycles. The molecule has 2 aromatic rings. The SMILES string of the molecule is COC(=O)c1ccc(CN(CCc2ccccc2N2CCC(CO)CC2)S(=O)[O-])cc1. The molecule has 1 heterocycles. The number of benzene rings is 2. The van der Waals surface area contributed by atoms with Crippen LogP contribution in [0.4, 0.5) is 5.69 Å². The van der Waals surface area contributed by atoms with Crippen molar-refractivity contribution >= 4 is 22.9 Å². The van der Waals surface area contributed by atoms with Crippen LogP contribution in [0.25, 0.3) is 0 Å². The zero-order valence-electron chi connectivity index (χ0n) is 17.7. The summed E-state index contributed by atoms with van der Waals surface area (Å²) in [6.07, 6.45) is 2.52. The summed E-state index contributed by atoms with van der Waals surface area (Å²) in [6.45, 7) is 2.62. The summed E-state index contributed by atoms with van der Waals surface area (Å²) in [5.41, 5.74) is 3.48. The number of anilines is 1. The lowest BCUT2D eigenvalue weighted by Gasteiger charge is -2.34. The molecule has 1 saturated heterocycles. The quantitative estimate of drug-likeness (QED) is 0.471. The second kappa shape index (κ2) is 11.4. The van der Waals surface area contributed by atoms with Crippen molar-refractivity contribution in [2.45, 2.75) is 25.8 Å². The molecule has 0 aromatic heterocycles. The molecular weight excluding hydrogens is 416 g/mol. The molecule has 1 fully saturated rings. The minimum Gasteiger partial charge on any atom is -0.760 e. The van der Waals surface area contributed by atoms with E-state index in [1.807, 2.05) is 18.2 Å². The van der Waals surface area contributed by atoms with Gasteiger partial charge in [0, 0.05) is 49.7 Å². The van der Waals surface area contributed by atoms with Gasteiger partial charge in [0.25, 0.3) is 0 Å². The molecule has 0 bridgehead atoms. The van der Waals surface area contributed by atoms with Gasteiger partial charge < -0.3 is 19.3 Å². The number of hydrogen-bond donors (Lipinski definition) is 1. The Morgan fingerprint density at radius 3 is 2.48 bits per heavy atom. The number of rotatable bonds is 9. The molecule has 1 unspecified atom stereocenters. The fraction of sp³-hybridized carbons (Fsp3) is 0.435. The third-order valence-corrected chi connectivity index (χ3v) is 6.51. The van der Waals surface area contributed by atoms with E-state index in [0.29, 0.717) is 24.4 Å². The largest absolute Gasteiger partial charge is 0.760 e. The Labute approximate surface area is 186 Å². The number of carbonyl (C=O) groups excluding carboxylic acids is 1. The van der Waals surface area contributed by atoms with Crippen molar-refractivity contribution in [2.24, 2.45) is 5.92 Å². The van der Waals surface area contributed by atoms with Crippen molar-refractivity contribution in [3.63, 3.8) is 0 Å². The first-order chi connectivity index (χ1) is 15.0. The monoisotopic (exact) mass is 445 g/mol. The number of aliphatic hydroxyl groups is 1. The number of nitrogens with zero attached hydrogens (tertiary/aromatic N) is 2. The van der Waals surface area contributed by atoms with E-state index in [2.05, 4.69) is 11.0 Å². The van der Waals surface area contributed by atoms with Crippen LogP contribution in [0.1, 0.15) is 34.3 Å². The van der Waals surface area contributed by atoms with Crippen LogP contribution in [-0.4, -0.2) is 57.5 Å². The summed E-state index contributed by atoms with van der Waals surface area (Å²) in [7, 11) is 1.32. The molecular formula is C23H29N2O5S-. The van der Waals surface area contributed by atoms with Crippen molar-refractivity contribution in [3.8, 4) is 0 Å². The maximum Gasteiger partial charge on any atom is 0.337 e. The summed E-state index contributed by atoms with van der Waals surface area (Å²) in [4.78, 5) is 13.9. The smallest absolute Gasteiger partial charge is 0.337 e. The predicted octanol–water partition coefficient (Wildman–Crippen LogP) is 2.52. The molecule has 0 saturated carbocycles. The van der Waals surface area contributed by atoms with Gasteiger partial charge >= 0.3 is 5.97 Å². The van der Waals surface area contributed by atoms with E-state index in [1.54, 1.807) is 24.3 Å². The van der Waals surface area contributed by atoms with Gasteiger partial charge in [0.05, 0.1) is 12.7 Å². The third-order valence-electron chi connectivity index (χ3n) is 5.78. The summed E-state index contributed by atoms with van der Waals surface area (Å²) in [5, 5.41) is 9.37. The molecule has 1 atom stereocenters. The van der Waals surface area contributed by atoms with Gasteiger partial charge in [-0.2, -0.15) is 0 Å². The lowest BCUT2D eigenvalue weighted by Crippen LogP contribution is -2.35. The minimum absolute atomic E-state index is 0.236. The Balaban J connectivity index is 1.64. The zero-order chi connectivity index (χ0) is 22.2. The number of piperidine rings is 1. The highest BCUT2D eigenvalue weighted by atomic mass is 32.2. The van der Waals surface area contributed by atoms with E-state index in [0.717, 1.165) is 42.7 Å². The van der Waals surface area contributed by atoms with Gasteiger partial charge in [-0.1, -0.05) is 30.3 Å². The number of para-hydroxylation sites is 1. The minimum atomic E-state index is -2.36. The molecule has 0 radical (unpaired) electrons. The zero-order valence-corrected chi connectivity index (χ0v) is 18.6. The Hall–Kier alpha value is -2.26. The van der Waals surface area contributed by atoms with Crippen LogP contribution in [0, 0.1) is 5.92 Å². The van der Waals surface area contributed by atoms with Crippen molar-refractivity contribution in [1.29, 1.82) is 0 Å². The summed E-state index contributed by atoms with van der Waals surface area (Å²) in [6, 6.07) is 14.9. The molecule has 0 amide bonds. The second-order valence-corrected chi connectivity index (χ2v) is 8.71. The van der Waals surface area contributed by atoms with E-state index in [4.69, 9.17) is 4.74 Å². The second-order valence-electron chi connectivity index (χ2n) is 7.76. The van der Waals surface area contributed by atoms with Crippen molar-refractivity contribution in [2.75, 3.05) is 38.3 Å². The molecule has 1 aliphatic rings. The van der Waals surface area contributed by atoms with Crippen LogP contribution in [0.3, 0.4) is 0 Å². The number of carbonyl (C=O) groups is 1. The Morgan fingerprint density at radius 2 is 1.87 bits per heavy atom. The molecule has 0 aliphatic carbocycles. The molecule has 1 N–H and O–H groups in total. The lowest BCUT2D eigenvalue weighted by molar-refractivity contribution is 0.0600. The van der Waals surface area contributed by atoms with Crippen molar-refractivity contribution in [3.05, 3.63) is 65.2 Å². The first-order valence-electron chi connectivity index (χ1n) is 10.5. The average molecular weight is 446 g/mol. The normalized spacial score (nSPS) is 15.8. The van der Waals surface area contributed by atoms with E-state index in [9.17, 15) is 18.7 Å². The van der Waals surface area contributed by atoms with Gasteiger partial charge in [-0.05, 0) is 54.5 Å². The van der Waals surface area contributed by atoms with Crippen molar-refractivity contribution in [1.82, 2.24) is 4.31 Å². The van der Waals surface area contributed by atoms with E-state index in [1.165, 1.54) is 11.4 Å². The molecule has 0 spiro atoms. The number of methoxy groups -OCH3 is 1. The number of hydrogen-bond acceptors (Lipinski definition) is 6. The molecule has 168 valence electrons. The number of ether oxygens (including phenoxy) is 1. The summed E-state index contributed by atoms with van der Waals surface area (Å²) < 4.78 is 29.7. The van der Waals surface area contributed by atoms with E-state index in [-0.39, 0.29) is 13.2 Å². The number of aliphatic hydroxyl groups excluding tert-OH is 1. The van der Waals surface area contributed by atoms with Gasteiger partial charge in [0.15, 0.2) is 0 Å². The summed E-state index contributed by atoms with van der Waals surface area (Å²) >= 11 is -2.36. The fourth-order valence-corrected chi connectivity index (χ4v) is 4.40. The highest BCUT2D eigenvalue weighted by molar-refractivity contribution is 7.76. The van der Waals surface area contributed by atoms with Crippen LogP contribution >= 0.6 is 0 Å². The molecule has 3 rings (SSSR count). The molecule has 8 heteroatoms. The van der Waals surface area contributed by atoms with E-state index >= 15 is 0 Å². The number of esters is 1. The fourth-order valence-electron chi connectivity index (χ4n) is 3.91. The summed E-state index contributed by atoms with van der Waals surface area (Å²) in [5.74, 6) is -0.0530. The molecule has 7 nitrogen and oxygen atoms in total. The first-order valence-corrected chi connectivity index (χ1v) is 11.5. The van der Waals surface area contributed by atoms with Crippen LogP contribution in [-0.2, 0) is 29.0 Å². The Bertz CT molecular complexity index is 882. The van der Waals surface area contributed by atoms with Crippen LogP contribution in [0.15, 0.2) is 48.5 Å². The average Bonchev–Trinajstić information content (AvgIpc) is 2.81. The van der Waals surface area contributed by atoms with Crippen LogP contribution < -0.4 is 4.90 Å². The Morgan fingerprint density at radius 1 is 1.19 bits per heavy atom. The topological polar surface area (TPSA) is 93.1 Å². The van der Waals surface area contributed by atoms with Crippen LogP contribution in [0.2, 0.25) is 0 Å². The first kappa shape index (κ1) is 23.4. The molecule has 1 aliphatic heterocycles. The van der Waals surface area contributed by atoms with Gasteiger partial charge in [0.1, 0.15) is 0 Å². The highest BCUT2D eigenvalue weighted by Gasteiger charge is 2.20. The molecule has 31 heavy (non-hydrogen) atoms. The third kappa shape index (κ3) is 6.36. The maximum absolute atomic E-state index is 11.8.